The fraction of sp³-hybridized carbons (Fsp3) is 0.333. The van der Waals surface area contributed by atoms with Gasteiger partial charge >= 0.3 is 0 Å². The van der Waals surface area contributed by atoms with Gasteiger partial charge in [0.15, 0.2) is 0 Å². The van der Waals surface area contributed by atoms with Gasteiger partial charge in [0, 0.05) is 24.0 Å². The molecule has 0 saturated heterocycles. The van der Waals surface area contributed by atoms with E-state index in [-0.39, 0.29) is 17.5 Å². The monoisotopic (exact) mass is 392 g/mol. The van der Waals surface area contributed by atoms with Crippen LogP contribution in [0.4, 0.5) is 10.1 Å². The molecule has 0 atom stereocenters. The van der Waals surface area contributed by atoms with E-state index in [2.05, 4.69) is 10.0 Å². The van der Waals surface area contributed by atoms with Crippen molar-refractivity contribution in [2.45, 2.75) is 44.2 Å². The lowest BCUT2D eigenvalue weighted by atomic mass is 10.2. The molecule has 1 aromatic heterocycles. The van der Waals surface area contributed by atoms with Crippen LogP contribution in [0.25, 0.3) is 0 Å². The van der Waals surface area contributed by atoms with Gasteiger partial charge in [-0.1, -0.05) is 11.6 Å². The molecular weight excluding hydrogens is 375 g/mol. The average molecular weight is 393 g/mol. The fourth-order valence-electron chi connectivity index (χ4n) is 2.89. The zero-order chi connectivity index (χ0) is 18.8. The third-order valence-corrected chi connectivity index (χ3v) is 5.73. The number of hydrogen-bond donors (Lipinski definition) is 2. The number of amides is 1. The van der Waals surface area contributed by atoms with E-state index in [0.29, 0.717) is 16.4 Å². The second-order valence-electron chi connectivity index (χ2n) is 6.33. The molecular formula is C18H18ClFN4OS. The number of carbonyl (C=O) groups is 1. The van der Waals surface area contributed by atoms with Gasteiger partial charge in [-0.15, -0.1) is 0 Å². The average Bonchev–Trinajstić information content (AvgIpc) is 3.14. The Kier molecular flexibility index (Phi) is 5.56. The lowest BCUT2D eigenvalue weighted by Crippen LogP contribution is -2.17. The van der Waals surface area contributed by atoms with Crippen molar-refractivity contribution >= 4 is 35.1 Å². The smallest absolute Gasteiger partial charge is 0.273 e. The first kappa shape index (κ1) is 18.8. The topological polar surface area (TPSA) is 69.8 Å². The molecule has 1 amide bonds. The molecule has 1 aromatic carbocycles. The van der Waals surface area contributed by atoms with Crippen LogP contribution < -0.4 is 10.0 Å². The summed E-state index contributed by atoms with van der Waals surface area (Å²) in [6.07, 6.45) is 1.82. The zero-order valence-corrected chi connectivity index (χ0v) is 16.0. The largest absolute Gasteiger partial charge is 0.338 e. The predicted molar refractivity (Wildman–Crippen MR) is 101 cm³/mol. The number of nitrogens with zero attached hydrogens (tertiary/aromatic N) is 2. The van der Waals surface area contributed by atoms with Crippen LogP contribution in [0.15, 0.2) is 23.1 Å². The molecule has 5 nitrogen and oxygen atoms in total. The number of anilines is 1. The van der Waals surface area contributed by atoms with Gasteiger partial charge in [-0.3, -0.25) is 9.52 Å². The Bertz CT molecular complexity index is 904. The molecule has 0 fully saturated rings. The number of carbonyl (C=O) groups excluding carboxylic acids is 1. The van der Waals surface area contributed by atoms with Gasteiger partial charge in [0.1, 0.15) is 17.6 Å². The molecule has 136 valence electrons. The van der Waals surface area contributed by atoms with Gasteiger partial charge in [0.25, 0.3) is 5.91 Å². The quantitative estimate of drug-likeness (QED) is 0.742. The maximum Gasteiger partial charge on any atom is 0.273 e. The summed E-state index contributed by atoms with van der Waals surface area (Å²) in [5, 5.41) is 12.1. The van der Waals surface area contributed by atoms with Crippen LogP contribution in [0.2, 0.25) is 5.02 Å². The number of benzene rings is 1. The molecule has 0 unspecified atom stereocenters. The Balaban J connectivity index is 1.90. The van der Waals surface area contributed by atoms with Crippen molar-refractivity contribution in [2.24, 2.45) is 0 Å². The molecule has 1 aliphatic rings. The lowest BCUT2D eigenvalue weighted by Gasteiger charge is -2.09. The van der Waals surface area contributed by atoms with Crippen LogP contribution in [0.5, 0.6) is 0 Å². The highest BCUT2D eigenvalue weighted by molar-refractivity contribution is 7.97. The van der Waals surface area contributed by atoms with Crippen LogP contribution >= 0.6 is 23.5 Å². The molecule has 2 heterocycles. The summed E-state index contributed by atoms with van der Waals surface area (Å²) in [6, 6.07) is 5.93. The van der Waals surface area contributed by atoms with E-state index in [4.69, 9.17) is 16.9 Å². The Morgan fingerprint density at radius 3 is 2.92 bits per heavy atom. The van der Waals surface area contributed by atoms with Crippen molar-refractivity contribution in [3.05, 3.63) is 46.0 Å². The molecule has 0 spiro atoms. The number of aromatic nitrogens is 1. The highest BCUT2D eigenvalue weighted by atomic mass is 35.5. The SMILES string of the molecule is CC(C)NSc1c(Cl)c(C(=O)Nc2ccc(F)c(C#N)c2)n2c1CCC2. The summed E-state index contributed by atoms with van der Waals surface area (Å²) in [6.45, 7) is 4.80. The number of rotatable bonds is 5. The Labute approximate surface area is 160 Å². The summed E-state index contributed by atoms with van der Waals surface area (Å²) in [5.41, 5.74) is 1.68. The minimum Gasteiger partial charge on any atom is -0.338 e. The molecule has 8 heteroatoms. The summed E-state index contributed by atoms with van der Waals surface area (Å²) in [7, 11) is 0. The number of halogens is 2. The van der Waals surface area contributed by atoms with E-state index in [1.807, 2.05) is 18.4 Å². The first-order valence-electron chi connectivity index (χ1n) is 8.26. The number of nitrogens with one attached hydrogen (secondary N) is 2. The molecule has 2 aromatic rings. The minimum atomic E-state index is -0.620. The van der Waals surface area contributed by atoms with E-state index >= 15 is 0 Å². The third-order valence-electron chi connectivity index (χ3n) is 4.02. The Morgan fingerprint density at radius 1 is 1.46 bits per heavy atom. The molecule has 1 aliphatic heterocycles. The predicted octanol–water partition coefficient (Wildman–Crippen LogP) is 4.36. The van der Waals surface area contributed by atoms with E-state index < -0.39 is 5.82 Å². The maximum atomic E-state index is 13.5. The number of fused-ring (bicyclic) bond motifs is 1. The number of hydrogen-bond acceptors (Lipinski definition) is 4. The molecule has 0 aliphatic carbocycles. The van der Waals surface area contributed by atoms with E-state index in [9.17, 15) is 9.18 Å². The van der Waals surface area contributed by atoms with Crippen molar-refractivity contribution in [1.29, 1.82) is 5.26 Å². The van der Waals surface area contributed by atoms with Crippen LogP contribution in [-0.2, 0) is 13.0 Å². The van der Waals surface area contributed by atoms with Gasteiger partial charge in [-0.05, 0) is 56.8 Å². The van der Waals surface area contributed by atoms with Gasteiger partial charge in [-0.25, -0.2) is 4.39 Å². The first-order valence-corrected chi connectivity index (χ1v) is 9.46. The molecule has 2 N–H and O–H groups in total. The van der Waals surface area contributed by atoms with Crippen LogP contribution in [0.3, 0.4) is 0 Å². The highest BCUT2D eigenvalue weighted by Gasteiger charge is 2.29. The summed E-state index contributed by atoms with van der Waals surface area (Å²) in [5.74, 6) is -0.990. The van der Waals surface area contributed by atoms with Crippen molar-refractivity contribution in [3.63, 3.8) is 0 Å². The lowest BCUT2D eigenvalue weighted by molar-refractivity contribution is 0.101. The van der Waals surface area contributed by atoms with Crippen molar-refractivity contribution in [2.75, 3.05) is 5.32 Å². The molecule has 26 heavy (non-hydrogen) atoms. The zero-order valence-electron chi connectivity index (χ0n) is 14.4. The first-order chi connectivity index (χ1) is 12.4. The van der Waals surface area contributed by atoms with Crippen LogP contribution in [-0.4, -0.2) is 16.5 Å². The van der Waals surface area contributed by atoms with Gasteiger partial charge in [0.2, 0.25) is 0 Å². The maximum absolute atomic E-state index is 13.5. The second kappa shape index (κ2) is 7.70. The summed E-state index contributed by atoms with van der Waals surface area (Å²) in [4.78, 5) is 13.7. The molecule has 0 bridgehead atoms. The van der Waals surface area contributed by atoms with Crippen molar-refractivity contribution in [1.82, 2.24) is 9.29 Å². The molecule has 3 rings (SSSR count). The van der Waals surface area contributed by atoms with Gasteiger partial charge in [-0.2, -0.15) is 5.26 Å². The summed E-state index contributed by atoms with van der Waals surface area (Å²) >= 11 is 7.96. The normalized spacial score (nSPS) is 12.9. The highest BCUT2D eigenvalue weighted by Crippen LogP contribution is 2.39. The van der Waals surface area contributed by atoms with Crippen LogP contribution in [0.1, 0.15) is 42.0 Å². The third kappa shape index (κ3) is 3.58. The van der Waals surface area contributed by atoms with E-state index in [0.717, 1.165) is 36.0 Å². The van der Waals surface area contributed by atoms with Crippen molar-refractivity contribution < 1.29 is 9.18 Å². The molecule has 0 radical (unpaired) electrons. The number of nitriles is 1. The van der Waals surface area contributed by atoms with Crippen LogP contribution in [0, 0.1) is 17.1 Å². The fourth-order valence-corrected chi connectivity index (χ4v) is 4.17. The standard InChI is InChI=1S/C18H18ClFN4OS/c1-10(2)23-26-17-14-4-3-7-24(14)16(15(17)19)18(25)22-12-5-6-13(20)11(8-12)9-21/h5-6,8,10,23H,3-4,7H2,1-2H3,(H,22,25). The Morgan fingerprint density at radius 2 is 2.23 bits per heavy atom. The van der Waals surface area contributed by atoms with Gasteiger partial charge < -0.3 is 9.88 Å². The minimum absolute atomic E-state index is 0.119. The van der Waals surface area contributed by atoms with E-state index in [1.54, 1.807) is 6.07 Å². The Hall–Kier alpha value is -2.01. The molecule has 0 saturated carbocycles. The van der Waals surface area contributed by atoms with Gasteiger partial charge in [0.05, 0.1) is 15.5 Å². The summed E-state index contributed by atoms with van der Waals surface area (Å²) < 4.78 is 18.7. The van der Waals surface area contributed by atoms with E-state index in [1.165, 1.54) is 24.1 Å². The van der Waals surface area contributed by atoms with Crippen molar-refractivity contribution in [3.8, 4) is 6.07 Å². The second-order valence-corrected chi connectivity index (χ2v) is 7.55.